The van der Waals surface area contributed by atoms with E-state index in [0.29, 0.717) is 24.6 Å². The molecule has 1 fully saturated rings. The highest BCUT2D eigenvalue weighted by atomic mass is 32.2. The fraction of sp³-hybridized carbons (Fsp3) is 0.571. The smallest absolute Gasteiger partial charge is 0.243 e. The van der Waals surface area contributed by atoms with E-state index in [9.17, 15) is 8.42 Å². The molecule has 1 saturated heterocycles. The van der Waals surface area contributed by atoms with Crippen LogP contribution in [0.25, 0.3) is 0 Å². The molecule has 0 saturated carbocycles. The molecule has 0 aliphatic carbocycles. The third-order valence-corrected chi connectivity index (χ3v) is 5.64. The van der Waals surface area contributed by atoms with Crippen molar-refractivity contribution in [2.24, 2.45) is 5.92 Å². The van der Waals surface area contributed by atoms with Crippen molar-refractivity contribution in [1.82, 2.24) is 4.31 Å². The maximum Gasteiger partial charge on any atom is 0.243 e. The normalized spacial score (nSPS) is 21.5. The summed E-state index contributed by atoms with van der Waals surface area (Å²) >= 11 is 0. The van der Waals surface area contributed by atoms with Crippen LogP contribution in [-0.2, 0) is 16.6 Å². The van der Waals surface area contributed by atoms with E-state index in [1.165, 1.54) is 0 Å². The van der Waals surface area contributed by atoms with Crippen LogP contribution in [0.2, 0.25) is 0 Å². The maximum absolute atomic E-state index is 12.6. The number of nitrogens with zero attached hydrogens (tertiary/aromatic N) is 1. The van der Waals surface area contributed by atoms with Crippen molar-refractivity contribution in [2.45, 2.75) is 37.7 Å². The molecular weight excluding hydrogens is 262 g/mol. The number of sulfonamides is 1. The molecule has 0 spiro atoms. The summed E-state index contributed by atoms with van der Waals surface area (Å²) in [6.45, 7) is 3.18. The highest BCUT2D eigenvalue weighted by Crippen LogP contribution is 2.25. The highest BCUT2D eigenvalue weighted by Gasteiger charge is 2.29. The van der Waals surface area contributed by atoms with Crippen LogP contribution >= 0.6 is 0 Å². The lowest BCUT2D eigenvalue weighted by Gasteiger charge is -2.31. The number of aliphatic hydroxyl groups excluding tert-OH is 1. The molecule has 1 unspecified atom stereocenters. The zero-order valence-electron chi connectivity index (χ0n) is 11.2. The minimum atomic E-state index is -3.42. The van der Waals surface area contributed by atoms with Crippen LogP contribution in [0, 0.1) is 5.92 Å². The van der Waals surface area contributed by atoms with Gasteiger partial charge in [-0.15, -0.1) is 0 Å². The molecule has 2 rings (SSSR count). The first-order chi connectivity index (χ1) is 9.07. The van der Waals surface area contributed by atoms with Crippen molar-refractivity contribution in [3.05, 3.63) is 29.8 Å². The van der Waals surface area contributed by atoms with Crippen LogP contribution in [0.3, 0.4) is 0 Å². The van der Waals surface area contributed by atoms with Crippen LogP contribution in [0.15, 0.2) is 29.2 Å². The fourth-order valence-corrected chi connectivity index (χ4v) is 4.16. The lowest BCUT2D eigenvalue weighted by molar-refractivity contribution is 0.261. The predicted octanol–water partition coefficient (Wildman–Crippen LogP) is 1.99. The number of aliphatic hydroxyl groups is 1. The molecule has 1 aliphatic rings. The van der Waals surface area contributed by atoms with E-state index < -0.39 is 10.0 Å². The number of hydrogen-bond acceptors (Lipinski definition) is 3. The zero-order valence-corrected chi connectivity index (χ0v) is 12.1. The van der Waals surface area contributed by atoms with Gasteiger partial charge in [0.25, 0.3) is 0 Å². The van der Waals surface area contributed by atoms with E-state index in [2.05, 4.69) is 6.92 Å². The Kier molecular flexibility index (Phi) is 4.60. The number of hydrogen-bond donors (Lipinski definition) is 1. The van der Waals surface area contributed by atoms with Gasteiger partial charge < -0.3 is 5.11 Å². The maximum atomic E-state index is 12.6. The van der Waals surface area contributed by atoms with Gasteiger partial charge in [-0.05, 0) is 36.5 Å². The molecule has 0 amide bonds. The largest absolute Gasteiger partial charge is 0.392 e. The van der Waals surface area contributed by atoms with Gasteiger partial charge in [-0.1, -0.05) is 25.5 Å². The van der Waals surface area contributed by atoms with Crippen LogP contribution in [0.4, 0.5) is 0 Å². The van der Waals surface area contributed by atoms with Crippen molar-refractivity contribution in [1.29, 1.82) is 0 Å². The monoisotopic (exact) mass is 283 g/mol. The number of benzene rings is 1. The summed E-state index contributed by atoms with van der Waals surface area (Å²) in [6, 6.07) is 6.57. The highest BCUT2D eigenvalue weighted by molar-refractivity contribution is 7.89. The second kappa shape index (κ2) is 6.03. The Labute approximate surface area is 115 Å². The van der Waals surface area contributed by atoms with E-state index in [4.69, 9.17) is 5.11 Å². The quantitative estimate of drug-likeness (QED) is 0.919. The van der Waals surface area contributed by atoms with Crippen molar-refractivity contribution >= 4 is 10.0 Å². The molecule has 1 aromatic carbocycles. The van der Waals surface area contributed by atoms with E-state index in [0.717, 1.165) is 19.3 Å². The molecule has 1 atom stereocenters. The summed E-state index contributed by atoms with van der Waals surface area (Å²) in [6.07, 6.45) is 3.05. The first-order valence-corrected chi connectivity index (χ1v) is 8.22. The third kappa shape index (κ3) is 3.16. The van der Waals surface area contributed by atoms with E-state index in [1.54, 1.807) is 28.6 Å². The van der Waals surface area contributed by atoms with Gasteiger partial charge in [0.05, 0.1) is 11.5 Å². The van der Waals surface area contributed by atoms with Gasteiger partial charge in [-0.25, -0.2) is 8.42 Å². The molecule has 4 nitrogen and oxygen atoms in total. The summed E-state index contributed by atoms with van der Waals surface area (Å²) in [5, 5.41) is 9.11. The van der Waals surface area contributed by atoms with Gasteiger partial charge >= 0.3 is 0 Å². The molecular formula is C14H21NO3S. The van der Waals surface area contributed by atoms with Gasteiger partial charge in [0.1, 0.15) is 0 Å². The van der Waals surface area contributed by atoms with E-state index in [1.807, 2.05) is 0 Å². The summed E-state index contributed by atoms with van der Waals surface area (Å²) in [5.41, 5.74) is 0.630. The summed E-state index contributed by atoms with van der Waals surface area (Å²) in [5.74, 6) is 0.463. The summed E-state index contributed by atoms with van der Waals surface area (Å²) in [4.78, 5) is 0.288. The Morgan fingerprint density at radius 2 is 2.21 bits per heavy atom. The Morgan fingerprint density at radius 3 is 2.89 bits per heavy atom. The molecule has 1 aliphatic heterocycles. The zero-order chi connectivity index (χ0) is 13.9. The average molecular weight is 283 g/mol. The Balaban J connectivity index is 2.25. The van der Waals surface area contributed by atoms with Gasteiger partial charge in [0.2, 0.25) is 10.0 Å². The van der Waals surface area contributed by atoms with Gasteiger partial charge in [0.15, 0.2) is 0 Å². The minimum absolute atomic E-state index is 0.138. The van der Waals surface area contributed by atoms with Crippen LogP contribution in [0.1, 0.15) is 31.7 Å². The van der Waals surface area contributed by atoms with Crippen LogP contribution in [0.5, 0.6) is 0 Å². The predicted molar refractivity (Wildman–Crippen MR) is 74.1 cm³/mol. The lowest BCUT2D eigenvalue weighted by atomic mass is 9.97. The molecule has 1 aromatic rings. The Bertz CT molecular complexity index is 527. The molecule has 1 N–H and O–H groups in total. The van der Waals surface area contributed by atoms with Gasteiger partial charge in [-0.3, -0.25) is 0 Å². The van der Waals surface area contributed by atoms with Crippen LogP contribution < -0.4 is 0 Å². The Hall–Kier alpha value is -0.910. The molecule has 1 heterocycles. The molecule has 0 radical (unpaired) electrons. The second-order valence-corrected chi connectivity index (χ2v) is 7.02. The first-order valence-electron chi connectivity index (χ1n) is 6.78. The number of rotatable bonds is 4. The molecule has 0 aromatic heterocycles. The van der Waals surface area contributed by atoms with Crippen molar-refractivity contribution in [3.63, 3.8) is 0 Å². The van der Waals surface area contributed by atoms with Gasteiger partial charge in [-0.2, -0.15) is 4.31 Å². The molecule has 19 heavy (non-hydrogen) atoms. The second-order valence-electron chi connectivity index (χ2n) is 5.09. The topological polar surface area (TPSA) is 57.6 Å². The standard InChI is InChI=1S/C14H21NO3S/c1-2-12-6-4-8-15(10-12)19(17,18)14-7-3-5-13(9-14)11-16/h3,5,7,9,12,16H,2,4,6,8,10-11H2,1H3. The van der Waals surface area contributed by atoms with Crippen LogP contribution in [-0.4, -0.2) is 30.9 Å². The van der Waals surface area contributed by atoms with Crippen molar-refractivity contribution < 1.29 is 13.5 Å². The summed E-state index contributed by atoms with van der Waals surface area (Å²) in [7, 11) is -3.42. The average Bonchev–Trinajstić information content (AvgIpc) is 2.47. The molecule has 0 bridgehead atoms. The third-order valence-electron chi connectivity index (χ3n) is 3.78. The molecule has 106 valence electrons. The Morgan fingerprint density at radius 1 is 1.42 bits per heavy atom. The van der Waals surface area contributed by atoms with Gasteiger partial charge in [0, 0.05) is 13.1 Å². The van der Waals surface area contributed by atoms with Crippen molar-refractivity contribution in [3.8, 4) is 0 Å². The fourth-order valence-electron chi connectivity index (χ4n) is 2.53. The minimum Gasteiger partial charge on any atom is -0.392 e. The van der Waals surface area contributed by atoms with E-state index in [-0.39, 0.29) is 11.5 Å². The molecule has 5 heteroatoms. The van der Waals surface area contributed by atoms with Crippen molar-refractivity contribution in [2.75, 3.05) is 13.1 Å². The van der Waals surface area contributed by atoms with E-state index >= 15 is 0 Å². The summed E-state index contributed by atoms with van der Waals surface area (Å²) < 4.78 is 26.7. The lowest BCUT2D eigenvalue weighted by Crippen LogP contribution is -2.39. The SMILES string of the molecule is CCC1CCCN(S(=O)(=O)c2cccc(CO)c2)C1. The first kappa shape index (κ1) is 14.5. The number of piperidine rings is 1.